The number of hydrogen-bond donors (Lipinski definition) is 0. The van der Waals surface area contributed by atoms with Crippen LogP contribution in [0, 0.1) is 0 Å². The second-order valence-corrected chi connectivity index (χ2v) is 26.8. The summed E-state index contributed by atoms with van der Waals surface area (Å²) < 4.78 is 0. The minimum atomic E-state index is -0.183. The number of fused-ring (bicyclic) bond motifs is 7. The summed E-state index contributed by atoms with van der Waals surface area (Å²) in [6, 6.07) is 74.6. The normalized spacial score (nSPS) is 14.4. The van der Waals surface area contributed by atoms with Crippen LogP contribution in [0.5, 0.6) is 0 Å². The van der Waals surface area contributed by atoms with Gasteiger partial charge < -0.3 is 14.7 Å². The highest BCUT2D eigenvalue weighted by atomic mass is 15.2. The Morgan fingerprint density at radius 2 is 0.883 bits per heavy atom. The molecule has 77 heavy (non-hydrogen) atoms. The lowest BCUT2D eigenvalue weighted by Gasteiger charge is -2.46. The van der Waals surface area contributed by atoms with E-state index in [1.807, 2.05) is 0 Å². The lowest BCUT2D eigenvalue weighted by molar-refractivity contribution is 0.589. The average molecular weight is 1000 g/mol. The quantitative estimate of drug-likeness (QED) is 0.154. The van der Waals surface area contributed by atoms with Crippen molar-refractivity contribution in [1.82, 2.24) is 0 Å². The predicted octanol–water partition coefficient (Wildman–Crippen LogP) is 18.4. The lowest BCUT2D eigenvalue weighted by atomic mass is 9.33. The monoisotopic (exact) mass is 1000 g/mol. The Labute approximate surface area is 460 Å². The van der Waals surface area contributed by atoms with Crippen molar-refractivity contribution < 1.29 is 0 Å². The molecule has 1 aliphatic carbocycles. The van der Waals surface area contributed by atoms with Crippen LogP contribution in [0.1, 0.15) is 130 Å². The highest BCUT2D eigenvalue weighted by molar-refractivity contribution is 7.00. The van der Waals surface area contributed by atoms with Gasteiger partial charge in [0.2, 0.25) is 0 Å². The highest BCUT2D eigenvalue weighted by Gasteiger charge is 2.46. The van der Waals surface area contributed by atoms with Crippen molar-refractivity contribution in [3.8, 4) is 22.3 Å². The predicted molar refractivity (Wildman–Crippen MR) is 333 cm³/mol. The third-order valence-electron chi connectivity index (χ3n) is 17.1. The van der Waals surface area contributed by atoms with Gasteiger partial charge in [-0.2, -0.15) is 0 Å². The van der Waals surface area contributed by atoms with E-state index in [-0.39, 0.29) is 33.8 Å². The molecule has 3 aliphatic rings. The summed E-state index contributed by atoms with van der Waals surface area (Å²) in [6.45, 7) is 32.9. The molecule has 2 heterocycles. The van der Waals surface area contributed by atoms with Crippen LogP contribution < -0.4 is 31.1 Å². The number of benzene rings is 9. The summed E-state index contributed by atoms with van der Waals surface area (Å²) in [5.74, 6) is 0. The first-order chi connectivity index (χ1) is 36.5. The SMILES string of the molecule is CC(C)(C)c1ccc(-c2cc(C(C)(C)C)ccc2N2c3cc(N(c4ccccc4)c4ccccc4)ccc3B3c4cc(C(C)(C)C)ccc4N(c4ccc5c(c4)C(C)(C)c4ccccc4-5)c4cc(C(C)(C)C)cc2c43)cc1. The molecule has 0 N–H and O–H groups in total. The maximum atomic E-state index is 2.66. The van der Waals surface area contributed by atoms with E-state index in [0.29, 0.717) is 0 Å². The van der Waals surface area contributed by atoms with E-state index < -0.39 is 0 Å². The smallest absolute Gasteiger partial charge is 0.252 e. The van der Waals surface area contributed by atoms with E-state index in [9.17, 15) is 0 Å². The zero-order chi connectivity index (χ0) is 54.1. The molecule has 0 radical (unpaired) electrons. The van der Waals surface area contributed by atoms with Gasteiger partial charge in [-0.1, -0.05) is 212 Å². The fourth-order valence-electron chi connectivity index (χ4n) is 12.6. The Hall–Kier alpha value is -7.56. The number of para-hydroxylation sites is 2. The molecule has 0 saturated heterocycles. The Bertz CT molecular complexity index is 3720. The lowest BCUT2D eigenvalue weighted by Crippen LogP contribution is -2.61. The van der Waals surface area contributed by atoms with Crippen LogP contribution in [-0.2, 0) is 27.1 Å². The molecule has 12 rings (SSSR count). The number of hydrogen-bond acceptors (Lipinski definition) is 3. The molecular weight excluding hydrogens is 930 g/mol. The zero-order valence-electron chi connectivity index (χ0n) is 47.9. The van der Waals surface area contributed by atoms with Crippen molar-refractivity contribution in [3.05, 3.63) is 228 Å². The maximum absolute atomic E-state index is 2.66. The molecule has 3 nitrogen and oxygen atoms in total. The molecule has 9 aromatic carbocycles. The van der Waals surface area contributed by atoms with Gasteiger partial charge >= 0.3 is 0 Å². The van der Waals surface area contributed by atoms with Gasteiger partial charge in [-0.15, -0.1) is 0 Å². The van der Waals surface area contributed by atoms with E-state index in [0.717, 1.165) is 22.7 Å². The number of anilines is 9. The van der Waals surface area contributed by atoms with Crippen LogP contribution in [0.2, 0.25) is 0 Å². The van der Waals surface area contributed by atoms with Crippen molar-refractivity contribution >= 4 is 74.3 Å². The van der Waals surface area contributed by atoms with Crippen molar-refractivity contribution in [2.75, 3.05) is 14.7 Å². The van der Waals surface area contributed by atoms with Gasteiger partial charge in [-0.3, -0.25) is 0 Å². The van der Waals surface area contributed by atoms with Crippen LogP contribution in [0.4, 0.5) is 51.2 Å². The Morgan fingerprint density at radius 3 is 1.49 bits per heavy atom. The minimum absolute atomic E-state index is 0.0231. The molecule has 384 valence electrons. The van der Waals surface area contributed by atoms with Crippen molar-refractivity contribution in [3.63, 3.8) is 0 Å². The van der Waals surface area contributed by atoms with Gasteiger partial charge in [-0.25, -0.2) is 0 Å². The molecule has 0 saturated carbocycles. The summed E-state index contributed by atoms with van der Waals surface area (Å²) in [6.07, 6.45) is 0. The summed E-state index contributed by atoms with van der Waals surface area (Å²) in [7, 11) is 0. The Balaban J connectivity index is 1.20. The number of rotatable bonds is 6. The van der Waals surface area contributed by atoms with Gasteiger partial charge in [0.1, 0.15) is 0 Å². The second kappa shape index (κ2) is 17.7. The Morgan fingerprint density at radius 1 is 0.351 bits per heavy atom. The van der Waals surface area contributed by atoms with Crippen LogP contribution in [0.3, 0.4) is 0 Å². The zero-order valence-corrected chi connectivity index (χ0v) is 47.9. The van der Waals surface area contributed by atoms with Gasteiger partial charge in [0.05, 0.1) is 5.69 Å². The highest BCUT2D eigenvalue weighted by Crippen LogP contribution is 2.54. The van der Waals surface area contributed by atoms with Gasteiger partial charge in [0.15, 0.2) is 0 Å². The van der Waals surface area contributed by atoms with E-state index in [1.165, 1.54) is 100 Å². The second-order valence-electron chi connectivity index (χ2n) is 26.8. The first-order valence-corrected chi connectivity index (χ1v) is 28.0. The minimum Gasteiger partial charge on any atom is -0.311 e. The first kappa shape index (κ1) is 50.3. The maximum Gasteiger partial charge on any atom is 0.252 e. The third kappa shape index (κ3) is 8.42. The van der Waals surface area contributed by atoms with Crippen LogP contribution >= 0.6 is 0 Å². The largest absolute Gasteiger partial charge is 0.311 e. The molecule has 4 heteroatoms. The summed E-state index contributed by atoms with van der Waals surface area (Å²) >= 11 is 0. The third-order valence-corrected chi connectivity index (χ3v) is 17.1. The summed E-state index contributed by atoms with van der Waals surface area (Å²) in [4.78, 5) is 7.71. The molecular formula is C73H74BN3. The summed E-state index contributed by atoms with van der Waals surface area (Å²) in [5, 5.41) is 0. The van der Waals surface area contributed by atoms with Crippen molar-refractivity contribution in [2.45, 2.75) is 124 Å². The molecule has 0 atom stereocenters. The molecule has 0 amide bonds. The van der Waals surface area contributed by atoms with Gasteiger partial charge in [0.25, 0.3) is 6.71 Å². The van der Waals surface area contributed by atoms with Gasteiger partial charge in [-0.05, 0) is 167 Å². The van der Waals surface area contributed by atoms with Crippen LogP contribution in [0.25, 0.3) is 22.3 Å². The van der Waals surface area contributed by atoms with E-state index in [4.69, 9.17) is 0 Å². The molecule has 0 fully saturated rings. The fourth-order valence-corrected chi connectivity index (χ4v) is 12.6. The molecule has 2 aliphatic heterocycles. The van der Waals surface area contributed by atoms with Crippen LogP contribution in [0.15, 0.2) is 194 Å². The topological polar surface area (TPSA) is 9.72 Å². The molecule has 0 unspecified atom stereocenters. The average Bonchev–Trinajstić information content (AvgIpc) is 3.74. The van der Waals surface area contributed by atoms with E-state index in [1.54, 1.807) is 0 Å². The van der Waals surface area contributed by atoms with Crippen molar-refractivity contribution in [2.24, 2.45) is 0 Å². The molecule has 9 aromatic rings. The van der Waals surface area contributed by atoms with E-state index in [2.05, 4.69) is 306 Å². The van der Waals surface area contributed by atoms with Crippen LogP contribution in [-0.4, -0.2) is 6.71 Å². The van der Waals surface area contributed by atoms with Crippen molar-refractivity contribution in [1.29, 1.82) is 0 Å². The Kier molecular flexibility index (Phi) is 11.6. The molecule has 0 aromatic heterocycles. The number of nitrogens with zero attached hydrogens (tertiary/aromatic N) is 3. The molecule has 0 bridgehead atoms. The standard InChI is InChI=1S/C73H74BN3/c1-69(2,3)48-31-29-47(30-32-48)58-41-49(70(4,5)6)33-39-63(58)77-65-46-55(75(52-23-17-15-18-24-52)53-25-19-16-20-26-53)36-38-61(65)74-62-42-50(71(7,8)9)34-40-64(62)76(66-43-51(72(10,11)12)44-67(77)68(66)74)54-35-37-57-56-27-21-22-28-59(56)73(13,14)60(57)45-54/h15-46H,1-14H3. The van der Waals surface area contributed by atoms with Gasteiger partial charge in [0, 0.05) is 56.5 Å². The summed E-state index contributed by atoms with van der Waals surface area (Å²) in [5.41, 5.74) is 27.1. The fraction of sp³-hybridized carbons (Fsp3) is 0.260. The first-order valence-electron chi connectivity index (χ1n) is 28.0. The molecule has 0 spiro atoms. The van der Waals surface area contributed by atoms with E-state index >= 15 is 0 Å².